The number of halogens is 2. The summed E-state index contributed by atoms with van der Waals surface area (Å²) in [6.45, 7) is 4.53. The Morgan fingerprint density at radius 2 is 2.26 bits per heavy atom. The van der Waals surface area contributed by atoms with Crippen molar-refractivity contribution in [2.45, 2.75) is 38.4 Å². The summed E-state index contributed by atoms with van der Waals surface area (Å²) in [5.41, 5.74) is 0.942. The van der Waals surface area contributed by atoms with Gasteiger partial charge in [-0.2, -0.15) is 0 Å². The fraction of sp³-hybridized carbons (Fsp3) is 0.471. The fourth-order valence-corrected chi connectivity index (χ4v) is 3.21. The molecule has 23 heavy (non-hydrogen) atoms. The van der Waals surface area contributed by atoms with Crippen LogP contribution in [0.1, 0.15) is 37.4 Å². The van der Waals surface area contributed by atoms with E-state index in [1.807, 2.05) is 18.2 Å². The summed E-state index contributed by atoms with van der Waals surface area (Å²) in [6, 6.07) is 5.85. The molecule has 2 N–H and O–H groups in total. The third-order valence-electron chi connectivity index (χ3n) is 4.24. The van der Waals surface area contributed by atoms with Gasteiger partial charge in [0, 0.05) is 28.0 Å². The number of fused-ring (bicyclic) bond motifs is 1. The molecule has 1 fully saturated rings. The highest BCUT2D eigenvalue weighted by Crippen LogP contribution is 2.29. The second kappa shape index (κ2) is 6.13. The molecule has 1 aliphatic heterocycles. The summed E-state index contributed by atoms with van der Waals surface area (Å²) in [4.78, 5) is 15.2. The van der Waals surface area contributed by atoms with Crippen molar-refractivity contribution in [2.75, 3.05) is 13.2 Å². The van der Waals surface area contributed by atoms with Crippen molar-refractivity contribution in [3.8, 4) is 0 Å². The first-order chi connectivity index (χ1) is 10.9. The van der Waals surface area contributed by atoms with E-state index in [9.17, 15) is 9.18 Å². The number of alkyl halides is 1. The Bertz CT molecular complexity index is 736. The first-order valence-corrected chi connectivity index (χ1v) is 8.13. The van der Waals surface area contributed by atoms with E-state index in [4.69, 9.17) is 16.3 Å². The highest BCUT2D eigenvalue weighted by Gasteiger charge is 2.42. The van der Waals surface area contributed by atoms with E-state index in [1.54, 1.807) is 0 Å². The van der Waals surface area contributed by atoms with Crippen molar-refractivity contribution >= 4 is 28.4 Å². The van der Waals surface area contributed by atoms with Gasteiger partial charge in [-0.15, -0.1) is 0 Å². The Labute approximate surface area is 139 Å². The molecule has 124 valence electrons. The molecule has 1 aromatic carbocycles. The minimum Gasteiger partial charge on any atom is -0.377 e. The van der Waals surface area contributed by atoms with Gasteiger partial charge in [0.15, 0.2) is 0 Å². The molecule has 4 nitrogen and oxygen atoms in total. The van der Waals surface area contributed by atoms with E-state index in [0.717, 1.165) is 27.2 Å². The maximum Gasteiger partial charge on any atom is 0.260 e. The number of rotatable bonds is 4. The third kappa shape index (κ3) is 3.21. The molecule has 0 spiro atoms. The highest BCUT2D eigenvalue weighted by molar-refractivity contribution is 6.32. The molecular formula is C17H20ClFN2O2. The lowest BCUT2D eigenvalue weighted by molar-refractivity contribution is -0.133. The van der Waals surface area contributed by atoms with Gasteiger partial charge >= 0.3 is 0 Å². The molecule has 1 aliphatic rings. The minimum absolute atomic E-state index is 0.110. The Balaban J connectivity index is 1.75. The number of carbonyl (C=O) groups is 1. The topological polar surface area (TPSA) is 54.1 Å². The van der Waals surface area contributed by atoms with Crippen LogP contribution in [0.3, 0.4) is 0 Å². The second-order valence-electron chi connectivity index (χ2n) is 6.36. The predicted molar refractivity (Wildman–Crippen MR) is 88.5 cm³/mol. The molecule has 3 rings (SSSR count). The van der Waals surface area contributed by atoms with Crippen LogP contribution < -0.4 is 5.32 Å². The number of ether oxygens (including phenoxy) is 1. The Kier molecular flexibility index (Phi) is 4.34. The van der Waals surface area contributed by atoms with E-state index in [2.05, 4.69) is 24.1 Å². The average Bonchev–Trinajstić information content (AvgIpc) is 3.10. The van der Waals surface area contributed by atoms with Crippen LogP contribution in [0, 0.1) is 0 Å². The van der Waals surface area contributed by atoms with Gasteiger partial charge in [-0.3, -0.25) is 4.79 Å². The molecule has 1 aromatic heterocycles. The zero-order valence-electron chi connectivity index (χ0n) is 13.2. The fourth-order valence-electron chi connectivity index (χ4n) is 2.82. The van der Waals surface area contributed by atoms with E-state index in [1.165, 1.54) is 0 Å². The summed E-state index contributed by atoms with van der Waals surface area (Å²) in [6.07, 6.45) is 0.110. The van der Waals surface area contributed by atoms with E-state index in [-0.39, 0.29) is 26.2 Å². The maximum atomic E-state index is 14.2. The number of hydrogen-bond donors (Lipinski definition) is 2. The van der Waals surface area contributed by atoms with E-state index >= 15 is 0 Å². The average molecular weight is 339 g/mol. The summed E-state index contributed by atoms with van der Waals surface area (Å²) < 4.78 is 19.2. The van der Waals surface area contributed by atoms with Crippen LogP contribution in [-0.4, -0.2) is 29.8 Å². The Morgan fingerprint density at radius 3 is 2.91 bits per heavy atom. The zero-order valence-corrected chi connectivity index (χ0v) is 14.0. The number of carbonyl (C=O) groups excluding carboxylic acids is 1. The Hall–Kier alpha value is -1.59. The molecule has 1 amide bonds. The van der Waals surface area contributed by atoms with Crippen LogP contribution in [0.4, 0.5) is 4.39 Å². The molecule has 2 aromatic rings. The summed E-state index contributed by atoms with van der Waals surface area (Å²) >= 11 is 6.29. The highest BCUT2D eigenvalue weighted by atomic mass is 35.5. The van der Waals surface area contributed by atoms with E-state index < -0.39 is 11.6 Å². The van der Waals surface area contributed by atoms with Crippen LogP contribution in [-0.2, 0) is 16.1 Å². The van der Waals surface area contributed by atoms with Gasteiger partial charge in [0.1, 0.15) is 0 Å². The lowest BCUT2D eigenvalue weighted by Crippen LogP contribution is -2.43. The van der Waals surface area contributed by atoms with Crippen LogP contribution >= 0.6 is 11.6 Å². The smallest absolute Gasteiger partial charge is 0.260 e. The molecule has 0 bridgehead atoms. The summed E-state index contributed by atoms with van der Waals surface area (Å²) in [5, 5.41) is 4.34. The number of hydrogen-bond acceptors (Lipinski definition) is 2. The maximum absolute atomic E-state index is 14.2. The lowest BCUT2D eigenvalue weighted by atomic mass is 10.0. The monoisotopic (exact) mass is 338 g/mol. The molecule has 1 unspecified atom stereocenters. The van der Waals surface area contributed by atoms with Crippen LogP contribution in [0.25, 0.3) is 10.9 Å². The van der Waals surface area contributed by atoms with Gasteiger partial charge in [0.2, 0.25) is 5.67 Å². The van der Waals surface area contributed by atoms with Gasteiger partial charge in [-0.25, -0.2) is 4.39 Å². The van der Waals surface area contributed by atoms with Crippen molar-refractivity contribution in [3.05, 3.63) is 34.5 Å². The SMILES string of the molecule is CC(C)c1cc2[nH]c(CNC(=O)C3(F)CCOC3)cc2cc1Cl. The van der Waals surface area contributed by atoms with Crippen molar-refractivity contribution in [1.29, 1.82) is 0 Å². The number of amides is 1. The van der Waals surface area contributed by atoms with Gasteiger partial charge in [0.05, 0.1) is 19.8 Å². The van der Waals surface area contributed by atoms with Crippen molar-refractivity contribution in [2.24, 2.45) is 0 Å². The normalized spacial score (nSPS) is 21.3. The molecule has 2 heterocycles. The molecule has 6 heteroatoms. The summed E-state index contributed by atoms with van der Waals surface area (Å²) in [5.74, 6) is -0.290. The molecular weight excluding hydrogens is 319 g/mol. The molecule has 1 saturated heterocycles. The zero-order chi connectivity index (χ0) is 16.6. The second-order valence-corrected chi connectivity index (χ2v) is 6.77. The number of benzene rings is 1. The van der Waals surface area contributed by atoms with Crippen molar-refractivity contribution in [1.82, 2.24) is 10.3 Å². The largest absolute Gasteiger partial charge is 0.377 e. The molecule has 1 atom stereocenters. The van der Waals surface area contributed by atoms with E-state index in [0.29, 0.717) is 5.92 Å². The first-order valence-electron chi connectivity index (χ1n) is 7.75. The van der Waals surface area contributed by atoms with Crippen molar-refractivity contribution in [3.63, 3.8) is 0 Å². The summed E-state index contributed by atoms with van der Waals surface area (Å²) in [7, 11) is 0. The van der Waals surface area contributed by atoms with Gasteiger partial charge in [-0.1, -0.05) is 25.4 Å². The van der Waals surface area contributed by atoms with Crippen LogP contribution in [0.2, 0.25) is 5.02 Å². The van der Waals surface area contributed by atoms with Gasteiger partial charge < -0.3 is 15.0 Å². The minimum atomic E-state index is -1.90. The van der Waals surface area contributed by atoms with Crippen molar-refractivity contribution < 1.29 is 13.9 Å². The third-order valence-corrected chi connectivity index (χ3v) is 4.56. The number of H-pyrrole nitrogens is 1. The lowest BCUT2D eigenvalue weighted by Gasteiger charge is -2.16. The molecule has 0 saturated carbocycles. The van der Waals surface area contributed by atoms with Crippen LogP contribution in [0.15, 0.2) is 18.2 Å². The van der Waals surface area contributed by atoms with Gasteiger partial charge in [-0.05, 0) is 29.7 Å². The molecule has 0 radical (unpaired) electrons. The standard InChI is InChI=1S/C17H20ClFN2O2/c1-10(2)13-7-15-11(6-14(13)18)5-12(21-15)8-20-16(22)17(19)3-4-23-9-17/h5-7,10,21H,3-4,8-9H2,1-2H3,(H,20,22). The number of nitrogens with one attached hydrogen (secondary N) is 2. The quantitative estimate of drug-likeness (QED) is 0.893. The number of aromatic nitrogens is 1. The first kappa shape index (κ1) is 16.3. The number of aromatic amines is 1. The molecule has 0 aliphatic carbocycles. The predicted octanol–water partition coefficient (Wildman–Crippen LogP) is 3.69. The Morgan fingerprint density at radius 1 is 1.48 bits per heavy atom. The van der Waals surface area contributed by atoms with Crippen LogP contribution in [0.5, 0.6) is 0 Å². The van der Waals surface area contributed by atoms with Gasteiger partial charge in [0.25, 0.3) is 5.91 Å².